The summed E-state index contributed by atoms with van der Waals surface area (Å²) in [6.07, 6.45) is 3.52. The second-order valence-corrected chi connectivity index (χ2v) is 8.67. The number of aromatic nitrogens is 4. The highest BCUT2D eigenvalue weighted by Crippen LogP contribution is 2.40. The van der Waals surface area contributed by atoms with Gasteiger partial charge in [0.05, 0.1) is 48.6 Å². The zero-order valence-electron chi connectivity index (χ0n) is 20.9. The fraction of sp³-hybridized carbons (Fsp3) is 0.308. The Morgan fingerprint density at radius 2 is 1.75 bits per heavy atom. The normalized spacial score (nSPS) is 13.7. The third-order valence-electron chi connectivity index (χ3n) is 6.49. The minimum Gasteiger partial charge on any atom is -0.494 e. The number of methoxy groups -OCH3 is 2. The number of nitrogens with one attached hydrogen (secondary N) is 1. The topological polar surface area (TPSA) is 97.6 Å². The van der Waals surface area contributed by atoms with Gasteiger partial charge in [0, 0.05) is 64.0 Å². The maximum absolute atomic E-state index is 11.7. The number of amides is 1. The molecule has 1 fully saturated rings. The van der Waals surface area contributed by atoms with Gasteiger partial charge in [0.25, 0.3) is 0 Å². The molecule has 0 unspecified atom stereocenters. The molecule has 1 amide bonds. The number of carbonyl (C=O) groups is 1. The number of fused-ring (bicyclic) bond motifs is 1. The third kappa shape index (κ3) is 4.49. The third-order valence-corrected chi connectivity index (χ3v) is 6.49. The number of carbonyl (C=O) groups excluding carboxylic acids is 1. The van der Waals surface area contributed by atoms with E-state index in [1.807, 2.05) is 52.9 Å². The summed E-state index contributed by atoms with van der Waals surface area (Å²) in [6.45, 7) is 4.39. The number of aryl methyl sites for hydroxylation is 1. The molecule has 1 saturated heterocycles. The number of piperazine rings is 1. The molecule has 1 aliphatic rings. The Bertz CT molecular complexity index is 1410. The van der Waals surface area contributed by atoms with Crippen LogP contribution in [0.2, 0.25) is 0 Å². The Kier molecular flexibility index (Phi) is 6.32. The van der Waals surface area contributed by atoms with Crippen LogP contribution in [0.5, 0.6) is 11.5 Å². The summed E-state index contributed by atoms with van der Waals surface area (Å²) in [5.74, 6) is 1.88. The van der Waals surface area contributed by atoms with E-state index in [9.17, 15) is 4.79 Å². The summed E-state index contributed by atoms with van der Waals surface area (Å²) < 4.78 is 13.4. The molecule has 0 bridgehead atoms. The molecule has 0 radical (unpaired) electrons. The van der Waals surface area contributed by atoms with Gasteiger partial charge < -0.3 is 29.2 Å². The molecule has 0 aliphatic carbocycles. The van der Waals surface area contributed by atoms with Gasteiger partial charge in [-0.2, -0.15) is 0 Å². The quantitative estimate of drug-likeness (QED) is 0.442. The lowest BCUT2D eigenvalue weighted by Crippen LogP contribution is -2.48. The number of ether oxygens (including phenoxy) is 2. The zero-order chi connectivity index (χ0) is 25.2. The van der Waals surface area contributed by atoms with Gasteiger partial charge in [-0.15, -0.1) is 0 Å². The Labute approximate surface area is 209 Å². The van der Waals surface area contributed by atoms with Gasteiger partial charge in [-0.05, 0) is 18.2 Å². The molecule has 4 aromatic rings. The van der Waals surface area contributed by atoms with Crippen molar-refractivity contribution in [2.45, 2.75) is 6.92 Å². The highest BCUT2D eigenvalue weighted by molar-refractivity contribution is 5.81. The number of nitrogens with zero attached hydrogens (tertiary/aromatic N) is 6. The molecule has 2 aromatic carbocycles. The summed E-state index contributed by atoms with van der Waals surface area (Å²) in [5.41, 5.74) is 5.32. The summed E-state index contributed by atoms with van der Waals surface area (Å²) in [5, 5.41) is 3.28. The van der Waals surface area contributed by atoms with Crippen molar-refractivity contribution >= 4 is 34.3 Å². The van der Waals surface area contributed by atoms with Crippen LogP contribution in [0.3, 0.4) is 0 Å². The largest absolute Gasteiger partial charge is 0.494 e. The molecular weight excluding hydrogens is 458 g/mol. The lowest BCUT2D eigenvalue weighted by atomic mass is 10.1. The van der Waals surface area contributed by atoms with E-state index in [0.29, 0.717) is 36.2 Å². The molecular formula is C26H29N7O3. The summed E-state index contributed by atoms with van der Waals surface area (Å²) in [7, 11) is 5.25. The van der Waals surface area contributed by atoms with Crippen molar-refractivity contribution in [3.05, 3.63) is 48.9 Å². The molecule has 1 aliphatic heterocycles. The van der Waals surface area contributed by atoms with Crippen molar-refractivity contribution in [3.8, 4) is 22.8 Å². The smallest absolute Gasteiger partial charge is 0.227 e. The summed E-state index contributed by atoms with van der Waals surface area (Å²) in [6, 6.07) is 11.8. The first-order valence-electron chi connectivity index (χ1n) is 11.7. The number of hydrogen-bond acceptors (Lipinski definition) is 8. The summed E-state index contributed by atoms with van der Waals surface area (Å²) >= 11 is 0. The Balaban J connectivity index is 1.41. The maximum atomic E-state index is 11.7. The van der Waals surface area contributed by atoms with Gasteiger partial charge in [-0.25, -0.2) is 15.0 Å². The Hall–Kier alpha value is -4.34. The van der Waals surface area contributed by atoms with Crippen LogP contribution in [0.1, 0.15) is 6.92 Å². The standard InChI is InChI=1S/C26H29N7O3/c1-17(34)32-9-11-33(12-10-32)23-15-24(35-3)21(14-25(23)36-4)30-26-27-8-7-19(29-26)18-5-6-22-20(13-18)28-16-31(22)2/h5-8,13-16H,9-12H2,1-4H3,(H,27,29,30). The number of anilines is 3. The molecule has 186 valence electrons. The van der Waals surface area contributed by atoms with Crippen LogP contribution in [0.25, 0.3) is 22.3 Å². The van der Waals surface area contributed by atoms with Crippen molar-refractivity contribution < 1.29 is 14.3 Å². The number of rotatable bonds is 6. The van der Waals surface area contributed by atoms with Crippen LogP contribution in [-0.4, -0.2) is 70.7 Å². The lowest BCUT2D eigenvalue weighted by molar-refractivity contribution is -0.129. The van der Waals surface area contributed by atoms with Crippen LogP contribution in [0, 0.1) is 0 Å². The van der Waals surface area contributed by atoms with E-state index in [4.69, 9.17) is 14.5 Å². The van der Waals surface area contributed by atoms with E-state index >= 15 is 0 Å². The van der Waals surface area contributed by atoms with Crippen molar-refractivity contribution in [1.29, 1.82) is 0 Å². The fourth-order valence-electron chi connectivity index (χ4n) is 4.48. The minimum atomic E-state index is 0.0981. The van der Waals surface area contributed by atoms with Crippen LogP contribution in [0.4, 0.5) is 17.3 Å². The van der Waals surface area contributed by atoms with Gasteiger partial charge in [0.15, 0.2) is 0 Å². The van der Waals surface area contributed by atoms with E-state index in [1.165, 1.54) is 0 Å². The molecule has 0 atom stereocenters. The average Bonchev–Trinajstić information content (AvgIpc) is 3.28. The first-order chi connectivity index (χ1) is 17.5. The van der Waals surface area contributed by atoms with Crippen molar-refractivity contribution in [2.75, 3.05) is 50.6 Å². The molecule has 5 rings (SSSR count). The molecule has 2 aromatic heterocycles. The predicted octanol–water partition coefficient (Wildman–Crippen LogP) is 3.46. The first-order valence-corrected chi connectivity index (χ1v) is 11.7. The second-order valence-electron chi connectivity index (χ2n) is 8.67. The van der Waals surface area contributed by atoms with E-state index < -0.39 is 0 Å². The molecule has 1 N–H and O–H groups in total. The van der Waals surface area contributed by atoms with Gasteiger partial charge in [-0.1, -0.05) is 6.07 Å². The minimum absolute atomic E-state index is 0.0981. The lowest BCUT2D eigenvalue weighted by Gasteiger charge is -2.36. The monoisotopic (exact) mass is 487 g/mol. The predicted molar refractivity (Wildman–Crippen MR) is 139 cm³/mol. The van der Waals surface area contributed by atoms with Crippen molar-refractivity contribution in [1.82, 2.24) is 24.4 Å². The molecule has 36 heavy (non-hydrogen) atoms. The van der Waals surface area contributed by atoms with Gasteiger partial charge in [0.2, 0.25) is 11.9 Å². The number of hydrogen-bond donors (Lipinski definition) is 1. The van der Waals surface area contributed by atoms with E-state index in [0.717, 1.165) is 41.1 Å². The van der Waals surface area contributed by atoms with Crippen LogP contribution < -0.4 is 19.7 Å². The highest BCUT2D eigenvalue weighted by Gasteiger charge is 2.23. The fourth-order valence-corrected chi connectivity index (χ4v) is 4.48. The van der Waals surface area contributed by atoms with E-state index in [2.05, 4.69) is 20.2 Å². The molecule has 10 heteroatoms. The molecule has 0 spiro atoms. The summed E-state index contributed by atoms with van der Waals surface area (Å²) in [4.78, 5) is 29.3. The van der Waals surface area contributed by atoms with Crippen LogP contribution in [0.15, 0.2) is 48.9 Å². The Morgan fingerprint density at radius 3 is 2.47 bits per heavy atom. The van der Waals surface area contributed by atoms with E-state index in [1.54, 1.807) is 33.7 Å². The van der Waals surface area contributed by atoms with Gasteiger partial charge in [0.1, 0.15) is 11.5 Å². The SMILES string of the molecule is COc1cc(N2CCN(C(C)=O)CC2)c(OC)cc1Nc1nccc(-c2ccc3c(c2)ncn3C)n1. The van der Waals surface area contributed by atoms with E-state index in [-0.39, 0.29) is 5.91 Å². The van der Waals surface area contributed by atoms with Gasteiger partial charge >= 0.3 is 0 Å². The Morgan fingerprint density at radius 1 is 0.972 bits per heavy atom. The number of benzene rings is 2. The maximum Gasteiger partial charge on any atom is 0.227 e. The first kappa shape index (κ1) is 23.4. The molecule has 0 saturated carbocycles. The molecule has 10 nitrogen and oxygen atoms in total. The molecule has 3 heterocycles. The average molecular weight is 488 g/mol. The van der Waals surface area contributed by atoms with Gasteiger partial charge in [-0.3, -0.25) is 4.79 Å². The second kappa shape index (κ2) is 9.73. The van der Waals surface area contributed by atoms with Crippen molar-refractivity contribution in [3.63, 3.8) is 0 Å². The number of imidazole rings is 1. The van der Waals surface area contributed by atoms with Crippen molar-refractivity contribution in [2.24, 2.45) is 7.05 Å². The van der Waals surface area contributed by atoms with Crippen LogP contribution in [-0.2, 0) is 11.8 Å². The highest BCUT2D eigenvalue weighted by atomic mass is 16.5. The van der Waals surface area contributed by atoms with Crippen LogP contribution >= 0.6 is 0 Å². The zero-order valence-corrected chi connectivity index (χ0v) is 20.9.